The summed E-state index contributed by atoms with van der Waals surface area (Å²) >= 11 is 0. The van der Waals surface area contributed by atoms with Gasteiger partial charge in [0.05, 0.1) is 38.0 Å². The lowest BCUT2D eigenvalue weighted by Gasteiger charge is -2.48. The van der Waals surface area contributed by atoms with Crippen LogP contribution in [0.1, 0.15) is 32.6 Å². The van der Waals surface area contributed by atoms with E-state index in [1.54, 1.807) is 0 Å². The van der Waals surface area contributed by atoms with Crippen LogP contribution in [0.25, 0.3) is 0 Å². The van der Waals surface area contributed by atoms with Gasteiger partial charge in [0.2, 0.25) is 0 Å². The molecule has 51 heavy (non-hydrogen) atoms. The van der Waals surface area contributed by atoms with Crippen molar-refractivity contribution in [3.8, 4) is 0 Å². The second-order valence-corrected chi connectivity index (χ2v) is 13.4. The van der Waals surface area contributed by atoms with Crippen LogP contribution in [0.5, 0.6) is 0 Å². The lowest BCUT2D eigenvalue weighted by Crippen LogP contribution is -2.68. The van der Waals surface area contributed by atoms with Gasteiger partial charge in [0.15, 0.2) is 18.9 Å². The predicted molar refractivity (Wildman–Crippen MR) is 168 cm³/mol. The van der Waals surface area contributed by atoms with E-state index < -0.39 is 136 Å². The Kier molecular flexibility index (Phi) is 15.5. The molecular weight excluding hydrogens is 688 g/mol. The quantitative estimate of drug-likeness (QED) is 0.0976. The molecule has 19 atom stereocenters. The van der Waals surface area contributed by atoms with Crippen molar-refractivity contribution in [1.82, 2.24) is 5.32 Å². The third-order valence-corrected chi connectivity index (χ3v) is 9.80. The molecule has 3 heterocycles. The van der Waals surface area contributed by atoms with Crippen molar-refractivity contribution in [3.05, 3.63) is 23.4 Å². The van der Waals surface area contributed by atoms with E-state index in [4.69, 9.17) is 29.4 Å². The molecule has 0 spiro atoms. The summed E-state index contributed by atoms with van der Waals surface area (Å²) in [5, 5.41) is 136. The number of aliphatic hydroxyl groups excluding tert-OH is 13. The fourth-order valence-electron chi connectivity index (χ4n) is 6.68. The van der Waals surface area contributed by atoms with Crippen LogP contribution in [0, 0.1) is 0 Å². The lowest BCUT2D eigenvalue weighted by molar-refractivity contribution is -0.373. The Balaban J connectivity index is 0.000000742. The Hall–Kier alpha value is -1.48. The summed E-state index contributed by atoms with van der Waals surface area (Å²) in [6.07, 6.45) is -19.5. The van der Waals surface area contributed by atoms with Crippen molar-refractivity contribution in [3.63, 3.8) is 0 Å². The van der Waals surface area contributed by atoms with Crippen molar-refractivity contribution < 1.29 is 90.1 Å². The highest BCUT2D eigenvalue weighted by molar-refractivity contribution is 5.22. The molecule has 16 N–H and O–H groups in total. The first-order valence-corrected chi connectivity index (χ1v) is 17.0. The number of rotatable bonds is 9. The summed E-state index contributed by atoms with van der Waals surface area (Å²) in [5.74, 6) is 0. The van der Waals surface area contributed by atoms with E-state index >= 15 is 0 Å². The zero-order valence-electron chi connectivity index (χ0n) is 28.0. The third-order valence-electron chi connectivity index (χ3n) is 9.80. The molecule has 0 unspecified atom stereocenters. The van der Waals surface area contributed by atoms with E-state index in [1.807, 2.05) is 0 Å². The summed E-state index contributed by atoms with van der Waals surface area (Å²) in [6, 6.07) is -2.17. The first-order valence-electron chi connectivity index (χ1n) is 17.0. The van der Waals surface area contributed by atoms with Crippen molar-refractivity contribution in [2.75, 3.05) is 19.8 Å². The highest BCUT2D eigenvalue weighted by atomic mass is 16.7. The molecule has 0 aromatic rings. The molecule has 0 aromatic heterocycles. The van der Waals surface area contributed by atoms with Crippen LogP contribution >= 0.6 is 0 Å². The van der Waals surface area contributed by atoms with E-state index in [-0.39, 0.29) is 5.57 Å². The molecule has 0 radical (unpaired) electrons. The SMILES string of the molecule is C[C@H]1O[C@H](O[C@H]2[C@H](O)[C@@H](O)[C@@H](O[C@H]3[C@H](O)[C@@H](O)[C@H](O)O[C@@H]3CO)O[C@@H]2CO)[C@H](O)[C@@H](O)[C@@H]1N[C@H]1C=C(CO)[C@@H](O)[C@H](O)[C@H]1O.NC1=CCCCC1. The van der Waals surface area contributed by atoms with E-state index in [0.29, 0.717) is 0 Å². The van der Waals surface area contributed by atoms with Gasteiger partial charge in [-0.05, 0) is 38.2 Å². The molecule has 0 bridgehead atoms. The minimum Gasteiger partial charge on any atom is -0.402 e. The minimum absolute atomic E-state index is 0.0225. The van der Waals surface area contributed by atoms with Gasteiger partial charge in [0.1, 0.15) is 79.4 Å². The van der Waals surface area contributed by atoms with Gasteiger partial charge in [-0.2, -0.15) is 0 Å². The first kappa shape index (κ1) is 42.3. The molecule has 3 saturated heterocycles. The Labute approximate surface area is 293 Å². The second kappa shape index (κ2) is 18.7. The van der Waals surface area contributed by atoms with E-state index in [1.165, 1.54) is 32.3 Å². The number of hydrogen-bond donors (Lipinski definition) is 15. The summed E-state index contributed by atoms with van der Waals surface area (Å²) in [7, 11) is 0. The van der Waals surface area contributed by atoms with Crippen LogP contribution in [-0.2, 0) is 23.7 Å². The minimum atomic E-state index is -1.93. The van der Waals surface area contributed by atoms with Gasteiger partial charge in [-0.25, -0.2) is 0 Å². The number of ether oxygens (including phenoxy) is 5. The molecule has 3 fully saturated rings. The molecule has 0 saturated carbocycles. The maximum Gasteiger partial charge on any atom is 0.187 e. The molecule has 0 aromatic carbocycles. The van der Waals surface area contributed by atoms with Gasteiger partial charge in [0.25, 0.3) is 0 Å². The Morgan fingerprint density at radius 1 is 0.706 bits per heavy atom. The van der Waals surface area contributed by atoms with E-state index in [2.05, 4.69) is 11.4 Å². The van der Waals surface area contributed by atoms with Gasteiger partial charge in [0, 0.05) is 5.70 Å². The lowest BCUT2D eigenvalue weighted by atomic mass is 9.86. The molecular formula is C31H54N2O18. The average molecular weight is 743 g/mol. The zero-order valence-corrected chi connectivity index (χ0v) is 28.0. The predicted octanol–water partition coefficient (Wildman–Crippen LogP) is -7.16. The topological polar surface area (TPSA) is 347 Å². The molecule has 20 heteroatoms. The largest absolute Gasteiger partial charge is 0.402 e. The van der Waals surface area contributed by atoms with Gasteiger partial charge in [-0.15, -0.1) is 0 Å². The highest BCUT2D eigenvalue weighted by Gasteiger charge is 2.53. The van der Waals surface area contributed by atoms with Crippen LogP contribution in [-0.4, -0.2) is 203 Å². The van der Waals surface area contributed by atoms with Crippen molar-refractivity contribution in [2.45, 2.75) is 149 Å². The maximum atomic E-state index is 10.9. The van der Waals surface area contributed by atoms with Gasteiger partial charge < -0.3 is 101 Å². The van der Waals surface area contributed by atoms with Crippen LogP contribution in [0.2, 0.25) is 0 Å². The van der Waals surface area contributed by atoms with Gasteiger partial charge in [-0.3, -0.25) is 0 Å². The standard InChI is InChI=1S/C25H43NO18.C6H11N/c1-6-11(26-8-2-7(3-27)12(30)15(33)13(8)31)14(32)19(37)24(40-6)43-22-10(5-29)42-25(20(38)17(22)35)44-21-9(4-28)41-23(39)18(36)16(21)34;7-6-4-2-1-3-5-6/h2,6,8-39H,3-5H2,1H3;4H,1-3,5,7H2/t6-,8+,9-,10-,11-,12-,13+,14+,15+,16-,17-,18-,19-,20-,21-,22-,23-,24-,25-;/m1./s1. The summed E-state index contributed by atoms with van der Waals surface area (Å²) in [6.45, 7) is -0.753. The molecule has 296 valence electrons. The van der Waals surface area contributed by atoms with Crippen LogP contribution in [0.3, 0.4) is 0 Å². The molecule has 0 amide bonds. The fourth-order valence-corrected chi connectivity index (χ4v) is 6.68. The third kappa shape index (κ3) is 9.61. The number of hydrogen-bond acceptors (Lipinski definition) is 20. The van der Waals surface area contributed by atoms with Crippen molar-refractivity contribution >= 4 is 0 Å². The second-order valence-electron chi connectivity index (χ2n) is 13.4. The van der Waals surface area contributed by atoms with Crippen LogP contribution < -0.4 is 11.1 Å². The fraction of sp³-hybridized carbons (Fsp3) is 0.871. The summed E-state index contributed by atoms with van der Waals surface area (Å²) in [4.78, 5) is 0. The molecule has 2 aliphatic carbocycles. The van der Waals surface area contributed by atoms with Gasteiger partial charge >= 0.3 is 0 Å². The number of nitrogens with two attached hydrogens (primary N) is 1. The highest BCUT2D eigenvalue weighted by Crippen LogP contribution is 2.33. The smallest absolute Gasteiger partial charge is 0.187 e. The Bertz CT molecular complexity index is 1150. The van der Waals surface area contributed by atoms with Crippen molar-refractivity contribution in [2.24, 2.45) is 5.73 Å². The summed E-state index contributed by atoms with van der Waals surface area (Å²) in [5.41, 5.74) is 6.61. The van der Waals surface area contributed by atoms with E-state index in [9.17, 15) is 66.4 Å². The van der Waals surface area contributed by atoms with E-state index in [0.717, 1.165) is 12.1 Å². The number of aliphatic hydroxyl groups is 13. The summed E-state index contributed by atoms with van der Waals surface area (Å²) < 4.78 is 27.4. The zero-order chi connectivity index (χ0) is 37.7. The number of nitrogens with one attached hydrogen (secondary N) is 1. The normalized spacial score (nSPS) is 47.8. The van der Waals surface area contributed by atoms with Crippen LogP contribution in [0.4, 0.5) is 0 Å². The van der Waals surface area contributed by atoms with Crippen LogP contribution in [0.15, 0.2) is 23.4 Å². The molecule has 20 nitrogen and oxygen atoms in total. The first-order chi connectivity index (χ1) is 24.1. The molecule has 3 aliphatic heterocycles. The molecule has 5 aliphatic rings. The van der Waals surface area contributed by atoms with Crippen molar-refractivity contribution in [1.29, 1.82) is 0 Å². The monoisotopic (exact) mass is 742 g/mol. The maximum absolute atomic E-state index is 10.9. The number of allylic oxidation sites excluding steroid dienone is 2. The average Bonchev–Trinajstić information content (AvgIpc) is 3.12. The Morgan fingerprint density at radius 3 is 1.80 bits per heavy atom. The Morgan fingerprint density at radius 2 is 1.27 bits per heavy atom. The van der Waals surface area contributed by atoms with Gasteiger partial charge in [-0.1, -0.05) is 12.2 Å². The molecule has 5 rings (SSSR count).